The van der Waals surface area contributed by atoms with Gasteiger partial charge in [0.1, 0.15) is 11.4 Å². The molecule has 94 valence electrons. The van der Waals surface area contributed by atoms with Gasteiger partial charge in [0.05, 0.1) is 0 Å². The van der Waals surface area contributed by atoms with Crippen molar-refractivity contribution in [2.24, 2.45) is 0 Å². The van der Waals surface area contributed by atoms with Gasteiger partial charge in [0.15, 0.2) is 11.6 Å². The summed E-state index contributed by atoms with van der Waals surface area (Å²) >= 11 is 0. The first-order valence-corrected chi connectivity index (χ1v) is 6.16. The molecule has 0 bridgehead atoms. The maximum Gasteiger partial charge on any atom is 0.200 e. The van der Waals surface area contributed by atoms with Crippen molar-refractivity contribution in [1.82, 2.24) is 24.7 Å². The van der Waals surface area contributed by atoms with Crippen molar-refractivity contribution in [3.8, 4) is 23.0 Å². The molecule has 3 rings (SSSR count). The molecule has 3 heterocycles. The summed E-state index contributed by atoms with van der Waals surface area (Å²) in [5.41, 5.74) is 1.59. The number of nitrogens with zero attached hydrogens (tertiary/aromatic N) is 5. The van der Waals surface area contributed by atoms with Gasteiger partial charge in [-0.1, -0.05) is 12.1 Å². The molecule has 19 heavy (non-hydrogen) atoms. The van der Waals surface area contributed by atoms with Crippen molar-refractivity contribution in [3.63, 3.8) is 0 Å². The van der Waals surface area contributed by atoms with Crippen molar-refractivity contribution in [1.29, 1.82) is 0 Å². The standard InChI is InChI=1S/C14H13N5/c1-2-19-14(12-8-4-6-10-16-12)17-13(18-19)11-7-3-5-9-15-11/h3-10H,2H2,1H3. The maximum absolute atomic E-state index is 4.55. The van der Waals surface area contributed by atoms with Crippen LogP contribution in [0.25, 0.3) is 23.0 Å². The van der Waals surface area contributed by atoms with E-state index in [9.17, 15) is 0 Å². The maximum atomic E-state index is 4.55. The Labute approximate surface area is 111 Å². The fourth-order valence-corrected chi connectivity index (χ4v) is 1.85. The van der Waals surface area contributed by atoms with Gasteiger partial charge in [-0.15, -0.1) is 5.10 Å². The SMILES string of the molecule is CCn1nc(-c2ccccn2)nc1-c1ccccn1. The van der Waals surface area contributed by atoms with E-state index in [4.69, 9.17) is 0 Å². The van der Waals surface area contributed by atoms with Gasteiger partial charge in [-0.2, -0.15) is 0 Å². The molecule has 0 aromatic carbocycles. The summed E-state index contributed by atoms with van der Waals surface area (Å²) in [5.74, 6) is 1.40. The number of aryl methyl sites for hydroxylation is 1. The van der Waals surface area contributed by atoms with E-state index < -0.39 is 0 Å². The van der Waals surface area contributed by atoms with Crippen LogP contribution in [-0.4, -0.2) is 24.7 Å². The molecule has 0 radical (unpaired) electrons. The quantitative estimate of drug-likeness (QED) is 0.717. The molecule has 0 unspecified atom stereocenters. The third-order valence-electron chi connectivity index (χ3n) is 2.76. The lowest BCUT2D eigenvalue weighted by molar-refractivity contribution is 0.666. The molecule has 0 aliphatic carbocycles. The molecule has 0 aliphatic rings. The molecule has 0 aliphatic heterocycles. The zero-order valence-electron chi connectivity index (χ0n) is 10.6. The summed E-state index contributed by atoms with van der Waals surface area (Å²) in [7, 11) is 0. The minimum absolute atomic E-state index is 0.628. The Bertz CT molecular complexity index is 661. The van der Waals surface area contributed by atoms with Crippen molar-refractivity contribution in [2.45, 2.75) is 13.5 Å². The van der Waals surface area contributed by atoms with E-state index in [2.05, 4.69) is 20.1 Å². The van der Waals surface area contributed by atoms with Crippen LogP contribution in [0, 0.1) is 0 Å². The minimum Gasteiger partial charge on any atom is -0.253 e. The summed E-state index contributed by atoms with van der Waals surface area (Å²) < 4.78 is 1.84. The second-order valence-electron chi connectivity index (χ2n) is 4.00. The Balaban J connectivity index is 2.09. The lowest BCUT2D eigenvalue weighted by Gasteiger charge is -2.00. The van der Waals surface area contributed by atoms with Crippen molar-refractivity contribution in [2.75, 3.05) is 0 Å². The number of aromatic nitrogens is 5. The Morgan fingerprint density at radius 1 is 0.947 bits per heavy atom. The average Bonchev–Trinajstić information content (AvgIpc) is 2.93. The first kappa shape index (κ1) is 11.5. The highest BCUT2D eigenvalue weighted by Crippen LogP contribution is 2.19. The van der Waals surface area contributed by atoms with Crippen LogP contribution in [0.3, 0.4) is 0 Å². The number of hydrogen-bond acceptors (Lipinski definition) is 4. The Morgan fingerprint density at radius 3 is 2.21 bits per heavy atom. The van der Waals surface area contributed by atoms with E-state index in [1.54, 1.807) is 12.4 Å². The van der Waals surface area contributed by atoms with Gasteiger partial charge in [0.2, 0.25) is 0 Å². The fourth-order valence-electron chi connectivity index (χ4n) is 1.85. The predicted octanol–water partition coefficient (Wildman–Crippen LogP) is 2.42. The Kier molecular flexibility index (Phi) is 3.02. The van der Waals surface area contributed by atoms with Crippen LogP contribution in [0.5, 0.6) is 0 Å². The van der Waals surface area contributed by atoms with Crippen LogP contribution in [-0.2, 0) is 6.54 Å². The minimum atomic E-state index is 0.628. The van der Waals surface area contributed by atoms with Gasteiger partial charge < -0.3 is 0 Å². The van der Waals surface area contributed by atoms with Crippen LogP contribution in [0.4, 0.5) is 0 Å². The molecule has 0 N–H and O–H groups in total. The average molecular weight is 251 g/mol. The van der Waals surface area contributed by atoms with E-state index in [1.165, 1.54) is 0 Å². The van der Waals surface area contributed by atoms with Gasteiger partial charge in [0, 0.05) is 18.9 Å². The summed E-state index contributed by atoms with van der Waals surface area (Å²) in [5, 5.41) is 4.48. The number of pyridine rings is 2. The zero-order chi connectivity index (χ0) is 13.1. The number of hydrogen-bond donors (Lipinski definition) is 0. The van der Waals surface area contributed by atoms with Crippen LogP contribution < -0.4 is 0 Å². The van der Waals surface area contributed by atoms with Crippen LogP contribution in [0.15, 0.2) is 48.8 Å². The molecule has 0 amide bonds. The molecule has 5 nitrogen and oxygen atoms in total. The second-order valence-corrected chi connectivity index (χ2v) is 4.00. The van der Waals surface area contributed by atoms with Crippen LogP contribution >= 0.6 is 0 Å². The molecular weight excluding hydrogens is 238 g/mol. The summed E-state index contributed by atoms with van der Waals surface area (Å²) in [6, 6.07) is 11.5. The summed E-state index contributed by atoms with van der Waals surface area (Å²) in [6.45, 7) is 2.77. The molecule has 3 aromatic heterocycles. The summed E-state index contributed by atoms with van der Waals surface area (Å²) in [6.07, 6.45) is 3.49. The first-order chi connectivity index (χ1) is 9.38. The lowest BCUT2D eigenvalue weighted by atomic mass is 10.3. The monoisotopic (exact) mass is 251 g/mol. The van der Waals surface area contributed by atoms with Gasteiger partial charge in [0.25, 0.3) is 0 Å². The van der Waals surface area contributed by atoms with Gasteiger partial charge in [-0.25, -0.2) is 9.67 Å². The molecule has 3 aromatic rings. The topological polar surface area (TPSA) is 56.5 Å². The van der Waals surface area contributed by atoms with E-state index in [0.717, 1.165) is 23.8 Å². The molecule has 0 spiro atoms. The highest BCUT2D eigenvalue weighted by atomic mass is 15.4. The molecule has 0 atom stereocenters. The first-order valence-electron chi connectivity index (χ1n) is 6.16. The van der Waals surface area contributed by atoms with Gasteiger partial charge >= 0.3 is 0 Å². The van der Waals surface area contributed by atoms with Crippen LogP contribution in [0.2, 0.25) is 0 Å². The molecule has 5 heteroatoms. The molecule has 0 fully saturated rings. The predicted molar refractivity (Wildman–Crippen MR) is 72.2 cm³/mol. The number of rotatable bonds is 3. The summed E-state index contributed by atoms with van der Waals surface area (Å²) in [4.78, 5) is 13.1. The molecule has 0 saturated heterocycles. The second kappa shape index (κ2) is 4.97. The van der Waals surface area contributed by atoms with Crippen molar-refractivity contribution >= 4 is 0 Å². The zero-order valence-corrected chi connectivity index (χ0v) is 10.6. The highest BCUT2D eigenvalue weighted by molar-refractivity contribution is 5.56. The Hall–Kier alpha value is -2.56. The van der Waals surface area contributed by atoms with Crippen molar-refractivity contribution in [3.05, 3.63) is 48.8 Å². The van der Waals surface area contributed by atoms with E-state index in [-0.39, 0.29) is 0 Å². The van der Waals surface area contributed by atoms with E-state index >= 15 is 0 Å². The highest BCUT2D eigenvalue weighted by Gasteiger charge is 2.13. The van der Waals surface area contributed by atoms with Gasteiger partial charge in [-0.05, 0) is 31.2 Å². The lowest BCUT2D eigenvalue weighted by Crippen LogP contribution is -2.00. The molecular formula is C14H13N5. The molecule has 0 saturated carbocycles. The largest absolute Gasteiger partial charge is 0.253 e. The van der Waals surface area contributed by atoms with Crippen LogP contribution in [0.1, 0.15) is 6.92 Å². The van der Waals surface area contributed by atoms with E-state index in [1.807, 2.05) is 48.0 Å². The van der Waals surface area contributed by atoms with E-state index in [0.29, 0.717) is 5.82 Å². The third kappa shape index (κ3) is 2.22. The third-order valence-corrected chi connectivity index (χ3v) is 2.76. The fraction of sp³-hybridized carbons (Fsp3) is 0.143. The normalized spacial score (nSPS) is 10.6. The van der Waals surface area contributed by atoms with Crippen molar-refractivity contribution < 1.29 is 0 Å². The smallest absolute Gasteiger partial charge is 0.200 e. The Morgan fingerprint density at radius 2 is 1.63 bits per heavy atom. The van der Waals surface area contributed by atoms with Gasteiger partial charge in [-0.3, -0.25) is 9.97 Å².